The fourth-order valence-electron chi connectivity index (χ4n) is 4.35. The summed E-state index contributed by atoms with van der Waals surface area (Å²) in [6, 6.07) is -0.908. The highest BCUT2D eigenvalue weighted by atomic mass is 32.3. The van der Waals surface area contributed by atoms with Crippen molar-refractivity contribution in [1.29, 1.82) is 0 Å². The van der Waals surface area contributed by atoms with Crippen LogP contribution in [0.1, 0.15) is 34.6 Å². The van der Waals surface area contributed by atoms with Gasteiger partial charge in [-0.25, -0.2) is 8.42 Å². The van der Waals surface area contributed by atoms with Crippen LogP contribution in [0, 0.1) is 5.41 Å². The van der Waals surface area contributed by atoms with E-state index >= 15 is 0 Å². The van der Waals surface area contributed by atoms with Crippen LogP contribution in [-0.2, 0) is 38.4 Å². The summed E-state index contributed by atoms with van der Waals surface area (Å²) in [5.74, 6) is -3.09. The predicted octanol–water partition coefficient (Wildman–Crippen LogP) is -4.15. The zero-order valence-corrected chi connectivity index (χ0v) is 21.2. The van der Waals surface area contributed by atoms with E-state index in [1.807, 2.05) is 0 Å². The molecule has 0 aromatic heterocycles. The lowest BCUT2D eigenvalue weighted by atomic mass is 9.70. The van der Waals surface area contributed by atoms with Gasteiger partial charge in [-0.1, -0.05) is 6.92 Å². The zero-order chi connectivity index (χ0) is 27.0. The quantitative estimate of drug-likeness (QED) is 0.159. The maximum atomic E-state index is 11.7. The number of amides is 1. The van der Waals surface area contributed by atoms with Crippen molar-refractivity contribution in [3.05, 3.63) is 11.8 Å². The van der Waals surface area contributed by atoms with Gasteiger partial charge in [0.1, 0.15) is 23.9 Å². The van der Waals surface area contributed by atoms with Crippen LogP contribution in [0.5, 0.6) is 0 Å². The van der Waals surface area contributed by atoms with E-state index in [0.717, 1.165) is 6.92 Å². The number of hydrogen-bond donors (Lipinski definition) is 4. The summed E-state index contributed by atoms with van der Waals surface area (Å²) in [6.07, 6.45) is -5.42. The van der Waals surface area contributed by atoms with Gasteiger partial charge in [0.05, 0.1) is 43.7 Å². The third kappa shape index (κ3) is 6.90. The lowest BCUT2D eigenvalue weighted by Crippen LogP contribution is -2.70. The summed E-state index contributed by atoms with van der Waals surface area (Å²) in [4.78, 5) is 23.0. The average molecular weight is 544 g/mol. The number of nitrogens with one attached hydrogen (secondary N) is 1. The van der Waals surface area contributed by atoms with Crippen molar-refractivity contribution in [3.63, 3.8) is 0 Å². The molecule has 0 saturated carbocycles. The first-order valence-electron chi connectivity index (χ1n) is 10.6. The predicted molar refractivity (Wildman–Crippen MR) is 115 cm³/mol. The van der Waals surface area contributed by atoms with E-state index in [1.165, 1.54) is 13.8 Å². The van der Waals surface area contributed by atoms with Crippen molar-refractivity contribution >= 4 is 22.3 Å². The molecular weight excluding hydrogens is 510 g/mol. The first-order valence-corrected chi connectivity index (χ1v) is 12.0. The molecule has 1 saturated heterocycles. The standard InChI is InChI=1S/C20H33NO13S.H2O/c1-10(23)21-14-15(25)19(4,13(7-22)33-18(14,2)3)8-31-9-20(5)16(34-35(28,29)30)11(24)6-12(32-20)17(26)27;/h6,11,13-16,22,24-25H,7-9H2,1-5H3,(H,21,23)(H,26,27)(H,28,29,30);1H2/p-2/t11-,13?,14?,15+,16?,19-,20-;/m1./s1. The van der Waals surface area contributed by atoms with Crippen LogP contribution in [0.25, 0.3) is 0 Å². The van der Waals surface area contributed by atoms with Crippen molar-refractivity contribution in [3.8, 4) is 0 Å². The first kappa shape index (κ1) is 32.1. The molecule has 0 aliphatic carbocycles. The van der Waals surface area contributed by atoms with Gasteiger partial charge in [-0.15, -0.1) is 0 Å². The van der Waals surface area contributed by atoms with Gasteiger partial charge in [-0.05, 0) is 26.8 Å². The molecule has 3 unspecified atom stereocenters. The number of aliphatic hydroxyl groups is 3. The summed E-state index contributed by atoms with van der Waals surface area (Å²) < 4.78 is 54.8. The first-order chi connectivity index (χ1) is 15.9. The largest absolute Gasteiger partial charge is 0.726 e. The lowest BCUT2D eigenvalue weighted by Gasteiger charge is -2.54. The Hall–Kier alpha value is -1.89. The maximum absolute atomic E-state index is 11.7. The Balaban J connectivity index is 0.00000648. The minimum Gasteiger partial charge on any atom is -0.726 e. The normalized spacial score (nSPS) is 36.1. The van der Waals surface area contributed by atoms with Gasteiger partial charge in [0.15, 0.2) is 5.60 Å². The molecule has 0 aromatic carbocycles. The Kier molecular flexibility index (Phi) is 10.0. The molecule has 1 amide bonds. The smallest absolute Gasteiger partial charge is 0.218 e. The molecule has 6 N–H and O–H groups in total. The lowest BCUT2D eigenvalue weighted by molar-refractivity contribution is -0.307. The number of carbonyl (C=O) groups is 2. The summed E-state index contributed by atoms with van der Waals surface area (Å²) >= 11 is 0. The molecule has 0 spiro atoms. The topological polar surface area (TPSA) is 256 Å². The van der Waals surface area contributed by atoms with Crippen LogP contribution < -0.4 is 10.4 Å². The third-order valence-electron chi connectivity index (χ3n) is 6.25. The summed E-state index contributed by atoms with van der Waals surface area (Å²) in [7, 11) is -5.35. The number of ether oxygens (including phenoxy) is 3. The molecule has 2 heterocycles. The summed E-state index contributed by atoms with van der Waals surface area (Å²) in [5.41, 5.74) is -4.42. The molecule has 0 radical (unpaired) electrons. The van der Waals surface area contributed by atoms with Crippen molar-refractivity contribution in [2.24, 2.45) is 5.41 Å². The summed E-state index contributed by atoms with van der Waals surface area (Å²) in [6.45, 7) is 5.63. The van der Waals surface area contributed by atoms with E-state index in [1.54, 1.807) is 13.8 Å². The third-order valence-corrected chi connectivity index (χ3v) is 6.69. The van der Waals surface area contributed by atoms with Crippen LogP contribution in [0.3, 0.4) is 0 Å². The maximum Gasteiger partial charge on any atom is 0.218 e. The van der Waals surface area contributed by atoms with Crippen molar-refractivity contribution < 1.29 is 66.9 Å². The SMILES string of the molecule is CC(=O)NC1[C@H](O)[C@](C)(COC[C@@]2(C)OC(C(=O)[O-])=C[C@@H](O)C2OS(=O)(=O)[O-])C(CO)OC1(C)C.O. The Bertz CT molecular complexity index is 952. The van der Waals surface area contributed by atoms with E-state index in [-0.39, 0.29) is 12.1 Å². The molecule has 0 aromatic rings. The second-order valence-electron chi connectivity index (χ2n) is 9.66. The van der Waals surface area contributed by atoms with Gasteiger partial charge < -0.3 is 54.8 Å². The second-order valence-corrected chi connectivity index (χ2v) is 10.7. The molecule has 2 aliphatic heterocycles. The van der Waals surface area contributed by atoms with Crippen molar-refractivity contribution in [2.45, 2.75) is 76.3 Å². The Morgan fingerprint density at radius 3 is 2.25 bits per heavy atom. The fraction of sp³-hybridized carbons (Fsp3) is 0.800. The van der Waals surface area contributed by atoms with Gasteiger partial charge in [0.25, 0.3) is 0 Å². The molecular formula is C20H33NO14S-2. The number of rotatable bonds is 9. The van der Waals surface area contributed by atoms with Gasteiger partial charge >= 0.3 is 0 Å². The highest BCUT2D eigenvalue weighted by molar-refractivity contribution is 7.80. The van der Waals surface area contributed by atoms with E-state index in [2.05, 4.69) is 9.50 Å². The molecule has 15 nitrogen and oxygen atoms in total. The van der Waals surface area contributed by atoms with Crippen molar-refractivity contribution in [2.75, 3.05) is 19.8 Å². The number of carbonyl (C=O) groups excluding carboxylic acids is 2. The Labute approximate surface area is 208 Å². The van der Waals surface area contributed by atoms with Crippen LogP contribution in [0.2, 0.25) is 0 Å². The fourth-order valence-corrected chi connectivity index (χ4v) is 4.92. The molecule has 2 aliphatic rings. The van der Waals surface area contributed by atoms with E-state index in [4.69, 9.17) is 14.2 Å². The van der Waals surface area contributed by atoms with Gasteiger partial charge in [-0.2, -0.15) is 0 Å². The number of aliphatic carboxylic acids is 1. The minimum absolute atomic E-state index is 0. The molecule has 2 rings (SSSR count). The molecule has 16 heteroatoms. The molecule has 36 heavy (non-hydrogen) atoms. The van der Waals surface area contributed by atoms with Crippen LogP contribution in [0.15, 0.2) is 11.8 Å². The van der Waals surface area contributed by atoms with Gasteiger partial charge in [0, 0.05) is 12.3 Å². The van der Waals surface area contributed by atoms with Gasteiger partial charge in [-0.3, -0.25) is 8.98 Å². The highest BCUT2D eigenvalue weighted by Gasteiger charge is 2.57. The highest BCUT2D eigenvalue weighted by Crippen LogP contribution is 2.42. The number of carboxylic acid groups (broad SMARTS) is 1. The number of carboxylic acids is 1. The molecule has 0 bridgehead atoms. The average Bonchev–Trinajstić information content (AvgIpc) is 2.70. The monoisotopic (exact) mass is 543 g/mol. The second kappa shape index (κ2) is 11.2. The minimum atomic E-state index is -5.35. The summed E-state index contributed by atoms with van der Waals surface area (Å²) in [5, 5.41) is 45.2. The van der Waals surface area contributed by atoms with Gasteiger partial charge in [0.2, 0.25) is 16.3 Å². The van der Waals surface area contributed by atoms with E-state index < -0.39 is 88.3 Å². The van der Waals surface area contributed by atoms with Crippen LogP contribution >= 0.6 is 0 Å². The van der Waals surface area contributed by atoms with E-state index in [0.29, 0.717) is 6.08 Å². The van der Waals surface area contributed by atoms with E-state index in [9.17, 15) is 43.0 Å². The number of aliphatic hydroxyl groups excluding tert-OH is 3. The zero-order valence-electron chi connectivity index (χ0n) is 20.4. The molecule has 7 atom stereocenters. The number of hydrogen-bond acceptors (Lipinski definition) is 13. The van der Waals surface area contributed by atoms with Crippen molar-refractivity contribution in [1.82, 2.24) is 5.32 Å². The Morgan fingerprint density at radius 1 is 1.19 bits per heavy atom. The Morgan fingerprint density at radius 2 is 1.78 bits per heavy atom. The molecule has 210 valence electrons. The van der Waals surface area contributed by atoms with Crippen LogP contribution in [-0.4, -0.2) is 107 Å². The van der Waals surface area contributed by atoms with Crippen LogP contribution in [0.4, 0.5) is 0 Å². The molecule has 1 fully saturated rings.